The summed E-state index contributed by atoms with van der Waals surface area (Å²) in [5.41, 5.74) is 1.84. The molecule has 1 nitrogen and oxygen atoms in total. The Kier molecular flexibility index (Phi) is 2.69. The molecule has 0 saturated carbocycles. The summed E-state index contributed by atoms with van der Waals surface area (Å²) in [6, 6.07) is 1.87. The lowest BCUT2D eigenvalue weighted by molar-refractivity contribution is 0.398. The second kappa shape index (κ2) is 3.44. The fraction of sp³-hybridized carbons (Fsp3) is 0.545. The average molecular weight is 181 g/mol. The summed E-state index contributed by atoms with van der Waals surface area (Å²) in [5.74, 6) is -0.333. The summed E-state index contributed by atoms with van der Waals surface area (Å²) in [6.45, 7) is 8.21. The molecule has 13 heavy (non-hydrogen) atoms. The van der Waals surface area contributed by atoms with Crippen molar-refractivity contribution in [2.75, 3.05) is 0 Å². The lowest BCUT2D eigenvalue weighted by Gasteiger charge is -2.18. The molecule has 0 N–H and O–H groups in total. The van der Waals surface area contributed by atoms with Crippen LogP contribution in [0, 0.1) is 18.3 Å². The standard InChI is InChI=1S/C11H16FN/c1-8-5-9(6-11(2,3)4)10(12)13-7-8/h5,7H,6H2,1-4H3. The molecule has 72 valence electrons. The molecule has 0 atom stereocenters. The Bertz CT molecular complexity index is 299. The highest BCUT2D eigenvalue weighted by Gasteiger charge is 2.14. The van der Waals surface area contributed by atoms with E-state index in [2.05, 4.69) is 25.8 Å². The molecule has 2 heteroatoms. The van der Waals surface area contributed by atoms with Crippen LogP contribution >= 0.6 is 0 Å². The summed E-state index contributed by atoms with van der Waals surface area (Å²) >= 11 is 0. The molecule has 1 aromatic heterocycles. The van der Waals surface area contributed by atoms with Crippen LogP contribution in [0.5, 0.6) is 0 Å². The van der Waals surface area contributed by atoms with Gasteiger partial charge in [-0.15, -0.1) is 0 Å². The number of rotatable bonds is 1. The summed E-state index contributed by atoms with van der Waals surface area (Å²) in [5, 5.41) is 0. The Morgan fingerprint density at radius 1 is 1.38 bits per heavy atom. The molecule has 0 aromatic carbocycles. The number of halogens is 1. The van der Waals surface area contributed by atoms with Gasteiger partial charge in [-0.05, 0) is 30.4 Å². The molecule has 0 spiro atoms. The lowest BCUT2D eigenvalue weighted by atomic mass is 9.88. The molecule has 0 aliphatic rings. The fourth-order valence-corrected chi connectivity index (χ4v) is 1.31. The molecule has 0 bridgehead atoms. The third-order valence-corrected chi connectivity index (χ3v) is 1.77. The van der Waals surface area contributed by atoms with Crippen molar-refractivity contribution in [2.45, 2.75) is 34.1 Å². The van der Waals surface area contributed by atoms with Gasteiger partial charge in [-0.1, -0.05) is 20.8 Å². The Balaban J connectivity index is 2.94. The highest BCUT2D eigenvalue weighted by molar-refractivity contribution is 5.19. The quantitative estimate of drug-likeness (QED) is 0.606. The van der Waals surface area contributed by atoms with Gasteiger partial charge in [0.1, 0.15) is 0 Å². The van der Waals surface area contributed by atoms with Crippen molar-refractivity contribution < 1.29 is 4.39 Å². The van der Waals surface area contributed by atoms with Gasteiger partial charge in [-0.25, -0.2) is 4.98 Å². The van der Waals surface area contributed by atoms with Gasteiger partial charge in [0.15, 0.2) is 0 Å². The van der Waals surface area contributed by atoms with E-state index in [4.69, 9.17) is 0 Å². The Hall–Kier alpha value is -0.920. The summed E-state index contributed by atoms with van der Waals surface area (Å²) in [6.07, 6.45) is 2.29. The number of hydrogen-bond donors (Lipinski definition) is 0. The van der Waals surface area contributed by atoms with Gasteiger partial charge in [0.25, 0.3) is 0 Å². The van der Waals surface area contributed by atoms with Gasteiger partial charge >= 0.3 is 0 Å². The minimum Gasteiger partial charge on any atom is -0.228 e. The van der Waals surface area contributed by atoms with Crippen LogP contribution in [-0.4, -0.2) is 4.98 Å². The number of pyridine rings is 1. The van der Waals surface area contributed by atoms with E-state index in [1.54, 1.807) is 6.20 Å². The smallest absolute Gasteiger partial charge is 0.216 e. The first-order valence-electron chi connectivity index (χ1n) is 4.49. The molecule has 0 saturated heterocycles. The fourth-order valence-electron chi connectivity index (χ4n) is 1.31. The van der Waals surface area contributed by atoms with E-state index in [9.17, 15) is 4.39 Å². The van der Waals surface area contributed by atoms with E-state index < -0.39 is 0 Å². The van der Waals surface area contributed by atoms with E-state index in [-0.39, 0.29) is 11.4 Å². The first-order chi connectivity index (χ1) is 5.88. The van der Waals surface area contributed by atoms with Gasteiger partial charge in [0, 0.05) is 11.8 Å². The topological polar surface area (TPSA) is 12.9 Å². The number of aromatic nitrogens is 1. The van der Waals surface area contributed by atoms with Crippen LogP contribution in [0.1, 0.15) is 31.9 Å². The van der Waals surface area contributed by atoms with Gasteiger partial charge < -0.3 is 0 Å². The molecule has 0 fully saturated rings. The van der Waals surface area contributed by atoms with Crippen LogP contribution in [0.4, 0.5) is 4.39 Å². The van der Waals surface area contributed by atoms with Crippen molar-refractivity contribution >= 4 is 0 Å². The first-order valence-corrected chi connectivity index (χ1v) is 4.49. The van der Waals surface area contributed by atoms with Crippen molar-refractivity contribution in [2.24, 2.45) is 5.41 Å². The van der Waals surface area contributed by atoms with Gasteiger partial charge in [0.2, 0.25) is 5.95 Å². The molecular formula is C11H16FN. The van der Waals surface area contributed by atoms with E-state index in [1.807, 2.05) is 13.0 Å². The van der Waals surface area contributed by atoms with Crippen molar-refractivity contribution in [3.8, 4) is 0 Å². The minimum absolute atomic E-state index is 0.107. The zero-order valence-electron chi connectivity index (χ0n) is 8.69. The van der Waals surface area contributed by atoms with Gasteiger partial charge in [0.05, 0.1) is 0 Å². The molecule has 1 rings (SSSR count). The van der Waals surface area contributed by atoms with Crippen LogP contribution in [0.2, 0.25) is 0 Å². The first kappa shape index (κ1) is 10.2. The largest absolute Gasteiger partial charge is 0.228 e. The Morgan fingerprint density at radius 3 is 2.54 bits per heavy atom. The van der Waals surface area contributed by atoms with E-state index in [1.165, 1.54) is 0 Å². The number of hydrogen-bond acceptors (Lipinski definition) is 1. The van der Waals surface area contributed by atoms with Crippen LogP contribution in [-0.2, 0) is 6.42 Å². The van der Waals surface area contributed by atoms with Crippen molar-refractivity contribution in [3.63, 3.8) is 0 Å². The highest BCUT2D eigenvalue weighted by Crippen LogP contribution is 2.21. The molecule has 1 aromatic rings. The summed E-state index contributed by atoms with van der Waals surface area (Å²) in [4.78, 5) is 3.70. The van der Waals surface area contributed by atoms with Crippen molar-refractivity contribution in [1.29, 1.82) is 0 Å². The van der Waals surface area contributed by atoms with E-state index >= 15 is 0 Å². The monoisotopic (exact) mass is 181 g/mol. The van der Waals surface area contributed by atoms with Crippen LogP contribution < -0.4 is 0 Å². The molecule has 0 amide bonds. The maximum atomic E-state index is 13.2. The predicted octanol–water partition coefficient (Wildman–Crippen LogP) is 3.12. The SMILES string of the molecule is Cc1cnc(F)c(CC(C)(C)C)c1. The van der Waals surface area contributed by atoms with Gasteiger partial charge in [-0.3, -0.25) is 0 Å². The Morgan fingerprint density at radius 2 is 2.00 bits per heavy atom. The summed E-state index contributed by atoms with van der Waals surface area (Å²) < 4.78 is 13.2. The molecule has 0 unspecified atom stereocenters. The molecule has 0 radical (unpaired) electrons. The van der Waals surface area contributed by atoms with Crippen LogP contribution in [0.25, 0.3) is 0 Å². The minimum atomic E-state index is -0.333. The summed E-state index contributed by atoms with van der Waals surface area (Å²) in [7, 11) is 0. The molecule has 0 aliphatic carbocycles. The van der Waals surface area contributed by atoms with E-state index in [0.717, 1.165) is 12.0 Å². The maximum Gasteiger partial charge on any atom is 0.216 e. The number of nitrogens with zero attached hydrogens (tertiary/aromatic N) is 1. The second-order valence-electron chi connectivity index (χ2n) is 4.70. The lowest BCUT2D eigenvalue weighted by Crippen LogP contribution is -2.11. The second-order valence-corrected chi connectivity index (χ2v) is 4.70. The van der Waals surface area contributed by atoms with Crippen molar-refractivity contribution in [1.82, 2.24) is 4.98 Å². The number of aryl methyl sites for hydroxylation is 1. The third-order valence-electron chi connectivity index (χ3n) is 1.77. The zero-order valence-corrected chi connectivity index (χ0v) is 8.69. The normalized spacial score (nSPS) is 11.8. The van der Waals surface area contributed by atoms with Crippen LogP contribution in [0.3, 0.4) is 0 Å². The van der Waals surface area contributed by atoms with Gasteiger partial charge in [-0.2, -0.15) is 4.39 Å². The van der Waals surface area contributed by atoms with Crippen molar-refractivity contribution in [3.05, 3.63) is 29.3 Å². The average Bonchev–Trinajstić information content (AvgIpc) is 1.94. The maximum absolute atomic E-state index is 13.2. The highest BCUT2D eigenvalue weighted by atomic mass is 19.1. The molecule has 1 heterocycles. The predicted molar refractivity (Wildman–Crippen MR) is 52.1 cm³/mol. The van der Waals surface area contributed by atoms with Crippen LogP contribution in [0.15, 0.2) is 12.3 Å². The zero-order chi connectivity index (χ0) is 10.1. The Labute approximate surface area is 79.0 Å². The third kappa shape index (κ3) is 3.13. The molecule has 0 aliphatic heterocycles. The van der Waals surface area contributed by atoms with E-state index in [0.29, 0.717) is 5.56 Å². The molecular weight excluding hydrogens is 165 g/mol.